The molecule has 0 saturated carbocycles. The Kier molecular flexibility index (Phi) is 4.42. The second kappa shape index (κ2) is 4.13. The number of aryl methyl sites for hydroxylation is 1. The summed E-state index contributed by atoms with van der Waals surface area (Å²) in [5, 5.41) is 0. The zero-order valence-corrected chi connectivity index (χ0v) is 9.40. The minimum atomic E-state index is -4.88. The van der Waals surface area contributed by atoms with E-state index < -0.39 is 12.4 Å². The predicted octanol–water partition coefficient (Wildman–Crippen LogP) is -1.35. The number of furan rings is 1. The number of rotatable bonds is 1. The molecule has 0 aromatic carbocycles. The van der Waals surface area contributed by atoms with Crippen LogP contribution in [0.25, 0.3) is 0 Å². The number of hydrogen-bond donors (Lipinski definition) is 0. The molecule has 1 aromatic rings. The first-order valence-electron chi connectivity index (χ1n) is 2.74. The summed E-state index contributed by atoms with van der Waals surface area (Å²) in [6, 6.07) is 0. The van der Waals surface area contributed by atoms with E-state index in [0.717, 1.165) is 12.5 Å². The van der Waals surface area contributed by atoms with Crippen molar-refractivity contribution in [3.63, 3.8) is 0 Å². The third-order valence-electron chi connectivity index (χ3n) is 1.25. The van der Waals surface area contributed by atoms with E-state index in [1.807, 2.05) is 0 Å². The molecule has 56 valence electrons. The molecule has 0 aliphatic rings. The molecule has 0 aliphatic carbocycles. The first-order chi connectivity index (χ1) is 4.52. The second-order valence-corrected chi connectivity index (χ2v) is 2.08. The van der Waals surface area contributed by atoms with Gasteiger partial charge in [-0.05, 0) is 12.5 Å². The number of hydrogen-bond acceptors (Lipinski definition) is 1. The molecule has 0 amide bonds. The molecule has 1 rings (SSSR count). The Morgan fingerprint density at radius 1 is 1.27 bits per heavy atom. The van der Waals surface area contributed by atoms with Crippen LogP contribution in [0.1, 0.15) is 5.56 Å². The molecule has 0 N–H and O–H groups in total. The van der Waals surface area contributed by atoms with Crippen LogP contribution in [0, 0.1) is 6.92 Å². The van der Waals surface area contributed by atoms with Gasteiger partial charge in [-0.2, -0.15) is 0 Å². The Balaban J connectivity index is 0.000001000. The van der Waals surface area contributed by atoms with E-state index in [2.05, 4.69) is 4.42 Å². The summed E-state index contributed by atoms with van der Waals surface area (Å²) in [7, 11) is 0. The summed E-state index contributed by atoms with van der Waals surface area (Å²) in [6.45, 7) is -3.51. The SMILES string of the molecule is Cc1cocc1[B-](F)(F)F.[K+]. The summed E-state index contributed by atoms with van der Waals surface area (Å²) >= 11 is 0. The van der Waals surface area contributed by atoms with Crippen molar-refractivity contribution in [2.24, 2.45) is 0 Å². The van der Waals surface area contributed by atoms with Crippen LogP contribution < -0.4 is 56.8 Å². The summed E-state index contributed by atoms with van der Waals surface area (Å²) in [5.74, 6) is 0. The molecule has 1 heterocycles. The van der Waals surface area contributed by atoms with Gasteiger partial charge in [0.2, 0.25) is 0 Å². The van der Waals surface area contributed by atoms with Gasteiger partial charge in [0.15, 0.2) is 0 Å². The van der Waals surface area contributed by atoms with E-state index in [1.165, 1.54) is 6.92 Å². The molecule has 0 aliphatic heterocycles. The van der Waals surface area contributed by atoms with Gasteiger partial charge in [-0.3, -0.25) is 0 Å². The van der Waals surface area contributed by atoms with Gasteiger partial charge in [0, 0.05) is 0 Å². The fourth-order valence-electron chi connectivity index (χ4n) is 0.706. The number of halogens is 3. The van der Waals surface area contributed by atoms with Crippen molar-refractivity contribution in [3.8, 4) is 0 Å². The normalized spacial score (nSPS) is 10.9. The third kappa shape index (κ3) is 2.95. The summed E-state index contributed by atoms with van der Waals surface area (Å²) in [5.41, 5.74) is -0.493. The van der Waals surface area contributed by atoms with Crippen LogP contribution in [0.2, 0.25) is 0 Å². The summed E-state index contributed by atoms with van der Waals surface area (Å²) in [6.07, 6.45) is 1.82. The van der Waals surface area contributed by atoms with Crippen LogP contribution in [0.15, 0.2) is 16.9 Å². The first kappa shape index (κ1) is 11.8. The average molecular weight is 188 g/mol. The standard InChI is InChI=1S/C5H5BF3O.K/c1-4-2-10-3-5(4)6(7,8)9;/h2-3H,1H3;/q-1;+1. The van der Waals surface area contributed by atoms with Gasteiger partial charge in [0.05, 0.1) is 12.5 Å². The largest absolute Gasteiger partial charge is 1.00 e. The molecule has 0 atom stereocenters. The molecule has 1 aromatic heterocycles. The van der Waals surface area contributed by atoms with Crippen LogP contribution >= 0.6 is 0 Å². The molecule has 0 spiro atoms. The molecule has 6 heteroatoms. The van der Waals surface area contributed by atoms with Crippen molar-refractivity contribution in [1.29, 1.82) is 0 Å². The Morgan fingerprint density at radius 2 is 1.82 bits per heavy atom. The van der Waals surface area contributed by atoms with Gasteiger partial charge in [-0.1, -0.05) is 5.46 Å². The molecular formula is C5H5BF3KO. The molecule has 11 heavy (non-hydrogen) atoms. The van der Waals surface area contributed by atoms with Gasteiger partial charge in [0.1, 0.15) is 0 Å². The van der Waals surface area contributed by atoms with Crippen molar-refractivity contribution >= 4 is 12.4 Å². The van der Waals surface area contributed by atoms with E-state index in [1.54, 1.807) is 0 Å². The van der Waals surface area contributed by atoms with Crippen molar-refractivity contribution in [1.82, 2.24) is 0 Å². The zero-order valence-electron chi connectivity index (χ0n) is 6.27. The molecule has 0 bridgehead atoms. The van der Waals surface area contributed by atoms with Crippen molar-refractivity contribution in [3.05, 3.63) is 18.1 Å². The average Bonchev–Trinajstić information content (AvgIpc) is 2.11. The molecule has 0 saturated heterocycles. The molecule has 1 nitrogen and oxygen atoms in total. The molecule has 0 radical (unpaired) electrons. The molecular weight excluding hydrogens is 183 g/mol. The van der Waals surface area contributed by atoms with Gasteiger partial charge < -0.3 is 17.4 Å². The smallest absolute Gasteiger partial charge is 0.475 e. The Bertz CT molecular complexity index is 232. The fraction of sp³-hybridized carbons (Fsp3) is 0.200. The van der Waals surface area contributed by atoms with E-state index in [-0.39, 0.29) is 56.9 Å². The van der Waals surface area contributed by atoms with Gasteiger partial charge in [-0.25, -0.2) is 0 Å². The Morgan fingerprint density at radius 3 is 2.00 bits per heavy atom. The third-order valence-corrected chi connectivity index (χ3v) is 1.25. The zero-order chi connectivity index (χ0) is 7.78. The van der Waals surface area contributed by atoms with Crippen LogP contribution in [0.3, 0.4) is 0 Å². The molecule has 0 fully saturated rings. The van der Waals surface area contributed by atoms with Crippen LogP contribution in [-0.4, -0.2) is 6.98 Å². The van der Waals surface area contributed by atoms with Crippen LogP contribution in [0.4, 0.5) is 12.9 Å². The molecule has 0 unspecified atom stereocenters. The van der Waals surface area contributed by atoms with Crippen molar-refractivity contribution in [2.75, 3.05) is 0 Å². The van der Waals surface area contributed by atoms with E-state index in [9.17, 15) is 12.9 Å². The predicted molar refractivity (Wildman–Crippen MR) is 32.2 cm³/mol. The fourth-order valence-corrected chi connectivity index (χ4v) is 0.706. The minimum Gasteiger partial charge on any atom is -0.475 e. The maximum atomic E-state index is 11.9. The summed E-state index contributed by atoms with van der Waals surface area (Å²) in [4.78, 5) is 0. The van der Waals surface area contributed by atoms with E-state index in [0.29, 0.717) is 0 Å². The van der Waals surface area contributed by atoms with Crippen LogP contribution in [-0.2, 0) is 0 Å². The topological polar surface area (TPSA) is 13.1 Å². The van der Waals surface area contributed by atoms with E-state index >= 15 is 0 Å². The minimum absolute atomic E-state index is 0. The Labute approximate surface area is 105 Å². The monoisotopic (exact) mass is 188 g/mol. The quantitative estimate of drug-likeness (QED) is 0.496. The van der Waals surface area contributed by atoms with E-state index in [4.69, 9.17) is 0 Å². The second-order valence-electron chi connectivity index (χ2n) is 2.08. The maximum absolute atomic E-state index is 11.9. The van der Waals surface area contributed by atoms with Crippen LogP contribution in [0.5, 0.6) is 0 Å². The Hall–Kier alpha value is 0.771. The van der Waals surface area contributed by atoms with Gasteiger partial charge >= 0.3 is 58.4 Å². The van der Waals surface area contributed by atoms with Gasteiger partial charge in [0.25, 0.3) is 0 Å². The maximum Gasteiger partial charge on any atom is 1.00 e. The van der Waals surface area contributed by atoms with Crippen molar-refractivity contribution in [2.45, 2.75) is 6.92 Å². The first-order valence-corrected chi connectivity index (χ1v) is 2.74. The van der Waals surface area contributed by atoms with Crippen molar-refractivity contribution < 1.29 is 68.7 Å². The van der Waals surface area contributed by atoms with Gasteiger partial charge in [-0.15, -0.1) is 0 Å². The summed E-state index contributed by atoms with van der Waals surface area (Å²) < 4.78 is 40.0.